The zero-order valence-corrected chi connectivity index (χ0v) is 13.1. The van der Waals surface area contributed by atoms with Gasteiger partial charge in [0.15, 0.2) is 0 Å². The van der Waals surface area contributed by atoms with E-state index in [-0.39, 0.29) is 11.1 Å². The number of nitrogens with one attached hydrogen (secondary N) is 1. The highest BCUT2D eigenvalue weighted by atomic mass is 32.1. The van der Waals surface area contributed by atoms with Crippen LogP contribution in [0.5, 0.6) is 0 Å². The lowest BCUT2D eigenvalue weighted by molar-refractivity contribution is 0.220. The van der Waals surface area contributed by atoms with Crippen molar-refractivity contribution in [1.29, 1.82) is 0 Å². The van der Waals surface area contributed by atoms with Crippen molar-refractivity contribution < 1.29 is 0 Å². The maximum Gasteiger partial charge on any atom is 0.0203 e. The Morgan fingerprint density at radius 3 is 2.42 bits per heavy atom. The summed E-state index contributed by atoms with van der Waals surface area (Å²) in [5, 5.41) is 3.80. The normalized spacial score (nSPS) is 26.4. The number of hydrogen-bond acceptors (Lipinski definition) is 2. The quantitative estimate of drug-likeness (QED) is 0.822. The van der Waals surface area contributed by atoms with Crippen LogP contribution in [0.4, 0.5) is 0 Å². The second kappa shape index (κ2) is 5.72. The predicted molar refractivity (Wildman–Crippen MR) is 86.8 cm³/mol. The van der Waals surface area contributed by atoms with Crippen molar-refractivity contribution in [2.75, 3.05) is 0 Å². The molecule has 1 N–H and O–H groups in total. The van der Waals surface area contributed by atoms with Gasteiger partial charge in [0, 0.05) is 11.1 Å². The molecule has 0 bridgehead atoms. The van der Waals surface area contributed by atoms with Gasteiger partial charge in [0.2, 0.25) is 0 Å². The second-order valence-corrected chi connectivity index (χ2v) is 7.38. The zero-order chi connectivity index (χ0) is 13.9. The Morgan fingerprint density at radius 1 is 1.11 bits per heavy atom. The van der Waals surface area contributed by atoms with Gasteiger partial charge >= 0.3 is 0 Å². The number of thiocarbonyl (C=S) groups is 1. The fourth-order valence-corrected chi connectivity index (χ4v) is 4.05. The first-order chi connectivity index (χ1) is 8.89. The molecule has 0 amide bonds. The minimum Gasteiger partial charge on any atom is -0.306 e. The molecule has 1 atom stereocenters. The smallest absolute Gasteiger partial charge is 0.0203 e. The van der Waals surface area contributed by atoms with E-state index in [1.807, 2.05) is 0 Å². The highest BCUT2D eigenvalue weighted by molar-refractivity contribution is 7.80. The first kappa shape index (κ1) is 14.7. The van der Waals surface area contributed by atoms with Crippen molar-refractivity contribution in [1.82, 2.24) is 5.32 Å². The molecular weight excluding hydrogens is 250 g/mol. The van der Waals surface area contributed by atoms with Crippen molar-refractivity contribution in [3.05, 3.63) is 35.9 Å². The topological polar surface area (TPSA) is 12.0 Å². The lowest BCUT2D eigenvalue weighted by atomic mass is 9.79. The van der Waals surface area contributed by atoms with Crippen LogP contribution in [0, 0.1) is 0 Å². The molecule has 1 unspecified atom stereocenters. The van der Waals surface area contributed by atoms with Gasteiger partial charge in [-0.15, -0.1) is 0 Å². The first-order valence-electron chi connectivity index (χ1n) is 7.24. The molecular formula is C17H25NS. The van der Waals surface area contributed by atoms with E-state index >= 15 is 0 Å². The van der Waals surface area contributed by atoms with Gasteiger partial charge in [0.25, 0.3) is 0 Å². The van der Waals surface area contributed by atoms with E-state index in [1.54, 1.807) is 0 Å². The standard InChI is InChI=1S/C17H25NS/c1-16(2)12-15(19)13-17(3,18-16)11-7-10-14-8-5-4-6-9-14/h4-6,8-9,18H,7,10-13H2,1-3H3. The molecule has 19 heavy (non-hydrogen) atoms. The van der Waals surface area contributed by atoms with Crippen molar-refractivity contribution in [2.45, 2.75) is 64.0 Å². The fraction of sp³-hybridized carbons (Fsp3) is 0.588. The predicted octanol–water partition coefficient (Wildman–Crippen LogP) is 4.30. The highest BCUT2D eigenvalue weighted by Crippen LogP contribution is 2.30. The Hall–Kier alpha value is -0.730. The summed E-state index contributed by atoms with van der Waals surface area (Å²) in [6.45, 7) is 6.84. The molecule has 104 valence electrons. The zero-order valence-electron chi connectivity index (χ0n) is 12.3. The molecule has 1 aliphatic heterocycles. The Morgan fingerprint density at radius 2 is 1.79 bits per heavy atom. The summed E-state index contributed by atoms with van der Waals surface area (Å²) in [4.78, 5) is 1.23. The average molecular weight is 275 g/mol. The molecule has 2 rings (SSSR count). The average Bonchev–Trinajstić information content (AvgIpc) is 2.26. The van der Waals surface area contributed by atoms with E-state index in [0.29, 0.717) is 0 Å². The molecule has 1 aliphatic rings. The van der Waals surface area contributed by atoms with Crippen LogP contribution in [0.15, 0.2) is 30.3 Å². The van der Waals surface area contributed by atoms with E-state index < -0.39 is 0 Å². The molecule has 0 saturated carbocycles. The second-order valence-electron chi connectivity index (χ2n) is 6.80. The fourth-order valence-electron chi connectivity index (χ4n) is 3.37. The van der Waals surface area contributed by atoms with Gasteiger partial charge < -0.3 is 5.32 Å². The van der Waals surface area contributed by atoms with E-state index in [1.165, 1.54) is 23.3 Å². The molecule has 1 heterocycles. The van der Waals surface area contributed by atoms with E-state index in [9.17, 15) is 0 Å². The molecule has 1 aromatic rings. The molecule has 1 fully saturated rings. The molecule has 1 saturated heterocycles. The summed E-state index contributed by atoms with van der Waals surface area (Å²) in [5.41, 5.74) is 1.76. The number of piperidine rings is 1. The Balaban J connectivity index is 1.89. The lowest BCUT2D eigenvalue weighted by Gasteiger charge is -2.45. The highest BCUT2D eigenvalue weighted by Gasteiger charge is 2.37. The van der Waals surface area contributed by atoms with Gasteiger partial charge in [-0.1, -0.05) is 42.5 Å². The van der Waals surface area contributed by atoms with Crippen molar-refractivity contribution in [3.63, 3.8) is 0 Å². The molecule has 0 aliphatic carbocycles. The molecule has 1 aromatic carbocycles. The first-order valence-corrected chi connectivity index (χ1v) is 7.64. The van der Waals surface area contributed by atoms with Crippen LogP contribution in [-0.2, 0) is 6.42 Å². The van der Waals surface area contributed by atoms with Gasteiger partial charge in [0.05, 0.1) is 0 Å². The minimum absolute atomic E-state index is 0.150. The maximum absolute atomic E-state index is 5.51. The van der Waals surface area contributed by atoms with Crippen molar-refractivity contribution >= 4 is 17.1 Å². The molecule has 0 radical (unpaired) electrons. The lowest BCUT2D eigenvalue weighted by Crippen LogP contribution is -2.59. The third-order valence-electron chi connectivity index (χ3n) is 3.90. The Bertz CT molecular complexity index is 438. The van der Waals surface area contributed by atoms with Gasteiger partial charge in [0.1, 0.15) is 0 Å². The molecule has 0 aromatic heterocycles. The Labute approximate surface area is 122 Å². The number of hydrogen-bond donors (Lipinski definition) is 1. The third kappa shape index (κ3) is 4.39. The molecule has 1 nitrogen and oxygen atoms in total. The van der Waals surface area contributed by atoms with Crippen molar-refractivity contribution in [3.8, 4) is 0 Å². The summed E-state index contributed by atoms with van der Waals surface area (Å²) in [5.74, 6) is 0. The number of aryl methyl sites for hydroxylation is 1. The number of benzene rings is 1. The van der Waals surface area contributed by atoms with Gasteiger partial charge in [-0.3, -0.25) is 0 Å². The van der Waals surface area contributed by atoms with Gasteiger partial charge in [-0.2, -0.15) is 0 Å². The van der Waals surface area contributed by atoms with Crippen LogP contribution in [0.25, 0.3) is 0 Å². The summed E-state index contributed by atoms with van der Waals surface area (Å²) >= 11 is 5.51. The summed E-state index contributed by atoms with van der Waals surface area (Å²) in [6, 6.07) is 10.7. The van der Waals surface area contributed by atoms with Gasteiger partial charge in [-0.25, -0.2) is 0 Å². The van der Waals surface area contributed by atoms with E-state index in [4.69, 9.17) is 12.2 Å². The van der Waals surface area contributed by atoms with E-state index in [2.05, 4.69) is 56.4 Å². The number of rotatable bonds is 4. The SMILES string of the molecule is CC1(C)CC(=S)CC(C)(CCCc2ccccc2)N1. The summed E-state index contributed by atoms with van der Waals surface area (Å²) in [7, 11) is 0. The van der Waals surface area contributed by atoms with Crippen LogP contribution in [0.1, 0.15) is 52.0 Å². The monoisotopic (exact) mass is 275 g/mol. The summed E-state index contributed by atoms with van der Waals surface area (Å²) in [6.07, 6.45) is 5.63. The van der Waals surface area contributed by atoms with Crippen LogP contribution in [0.2, 0.25) is 0 Å². The Kier molecular flexibility index (Phi) is 4.42. The van der Waals surface area contributed by atoms with Crippen molar-refractivity contribution in [2.24, 2.45) is 0 Å². The van der Waals surface area contributed by atoms with Crippen LogP contribution < -0.4 is 5.32 Å². The molecule has 2 heteroatoms. The summed E-state index contributed by atoms with van der Waals surface area (Å²) < 4.78 is 0. The van der Waals surface area contributed by atoms with Crippen LogP contribution in [0.3, 0.4) is 0 Å². The molecule has 0 spiro atoms. The van der Waals surface area contributed by atoms with Crippen LogP contribution in [-0.4, -0.2) is 15.9 Å². The minimum atomic E-state index is 0.150. The maximum atomic E-state index is 5.51. The van der Waals surface area contributed by atoms with Crippen LogP contribution >= 0.6 is 12.2 Å². The van der Waals surface area contributed by atoms with Gasteiger partial charge in [-0.05, 0) is 63.3 Å². The third-order valence-corrected chi connectivity index (χ3v) is 4.19. The largest absolute Gasteiger partial charge is 0.306 e. The van der Waals surface area contributed by atoms with E-state index in [0.717, 1.165) is 19.3 Å².